The molecule has 90 valence electrons. The molecule has 17 heavy (non-hydrogen) atoms. The van der Waals surface area contributed by atoms with Crippen molar-refractivity contribution in [2.45, 2.75) is 13.8 Å². The van der Waals surface area contributed by atoms with E-state index in [1.165, 1.54) is 6.20 Å². The smallest absolute Gasteiger partial charge is 0.260 e. The van der Waals surface area contributed by atoms with Crippen LogP contribution in [0.1, 0.15) is 21.7 Å². The number of nitrogen functional groups attached to an aromatic ring is 1. The van der Waals surface area contributed by atoms with Crippen molar-refractivity contribution < 1.29 is 4.79 Å². The number of H-pyrrole nitrogens is 1. The van der Waals surface area contributed by atoms with Crippen molar-refractivity contribution in [3.63, 3.8) is 0 Å². The molecule has 0 saturated carbocycles. The Hall–Kier alpha value is -2.31. The van der Waals surface area contributed by atoms with Gasteiger partial charge >= 0.3 is 0 Å². The van der Waals surface area contributed by atoms with Crippen LogP contribution in [0.25, 0.3) is 0 Å². The number of carbonyl (C=O) groups excluding carboxylic acids is 1. The molecule has 0 aliphatic rings. The van der Waals surface area contributed by atoms with Gasteiger partial charge in [0.1, 0.15) is 0 Å². The maximum absolute atomic E-state index is 12.1. The Morgan fingerprint density at radius 2 is 2.24 bits per heavy atom. The fraction of sp³-hybridized carbons (Fsp3) is 0.300. The van der Waals surface area contributed by atoms with Crippen molar-refractivity contribution in [3.8, 4) is 0 Å². The average molecular weight is 234 g/mol. The SMILES string of the molecule is Cc1nn(C)c(C)c1C(=O)Nc1[nH]ncc1N. The summed E-state index contributed by atoms with van der Waals surface area (Å²) in [6.45, 7) is 3.63. The molecule has 7 nitrogen and oxygen atoms in total. The van der Waals surface area contributed by atoms with Crippen LogP contribution >= 0.6 is 0 Å². The number of carbonyl (C=O) groups is 1. The van der Waals surface area contributed by atoms with E-state index in [1.807, 2.05) is 6.92 Å². The molecule has 2 aromatic heterocycles. The first kappa shape index (κ1) is 11.2. The molecule has 4 N–H and O–H groups in total. The summed E-state index contributed by atoms with van der Waals surface area (Å²) in [5.74, 6) is 0.154. The van der Waals surface area contributed by atoms with E-state index in [2.05, 4.69) is 20.6 Å². The lowest BCUT2D eigenvalue weighted by Gasteiger charge is -2.03. The molecular formula is C10H14N6O. The molecule has 0 bridgehead atoms. The third-order valence-corrected chi connectivity index (χ3v) is 2.64. The van der Waals surface area contributed by atoms with Gasteiger partial charge in [0.2, 0.25) is 0 Å². The molecule has 0 unspecified atom stereocenters. The Morgan fingerprint density at radius 1 is 1.53 bits per heavy atom. The number of aromatic nitrogens is 4. The highest BCUT2D eigenvalue weighted by Crippen LogP contribution is 2.17. The van der Waals surface area contributed by atoms with Crippen molar-refractivity contribution in [3.05, 3.63) is 23.1 Å². The highest BCUT2D eigenvalue weighted by Gasteiger charge is 2.18. The van der Waals surface area contributed by atoms with E-state index in [0.29, 0.717) is 22.8 Å². The zero-order chi connectivity index (χ0) is 12.6. The molecule has 0 aromatic carbocycles. The third kappa shape index (κ3) is 1.86. The largest absolute Gasteiger partial charge is 0.394 e. The first-order chi connectivity index (χ1) is 8.00. The quantitative estimate of drug-likeness (QED) is 0.707. The van der Waals surface area contributed by atoms with Gasteiger partial charge in [0.05, 0.1) is 23.1 Å². The summed E-state index contributed by atoms with van der Waals surface area (Å²) in [5.41, 5.74) is 8.06. The van der Waals surface area contributed by atoms with Crippen LogP contribution in [-0.4, -0.2) is 25.9 Å². The Kier molecular flexibility index (Phi) is 2.58. The first-order valence-corrected chi connectivity index (χ1v) is 5.11. The van der Waals surface area contributed by atoms with Crippen molar-refractivity contribution in [1.82, 2.24) is 20.0 Å². The van der Waals surface area contributed by atoms with Crippen LogP contribution in [-0.2, 0) is 7.05 Å². The number of hydrogen-bond donors (Lipinski definition) is 3. The van der Waals surface area contributed by atoms with Gasteiger partial charge < -0.3 is 11.1 Å². The zero-order valence-electron chi connectivity index (χ0n) is 9.90. The average Bonchev–Trinajstić information content (AvgIpc) is 2.74. The van der Waals surface area contributed by atoms with Gasteiger partial charge in [-0.05, 0) is 13.8 Å². The number of anilines is 2. The van der Waals surface area contributed by atoms with E-state index in [0.717, 1.165) is 5.69 Å². The zero-order valence-corrected chi connectivity index (χ0v) is 9.90. The van der Waals surface area contributed by atoms with Crippen LogP contribution in [0.2, 0.25) is 0 Å². The number of aromatic amines is 1. The number of nitrogens with one attached hydrogen (secondary N) is 2. The normalized spacial score (nSPS) is 10.5. The molecule has 0 spiro atoms. The number of nitrogens with zero attached hydrogens (tertiary/aromatic N) is 3. The Balaban J connectivity index is 2.29. The number of rotatable bonds is 2. The Bertz CT molecular complexity index is 567. The summed E-state index contributed by atoms with van der Waals surface area (Å²) in [4.78, 5) is 12.1. The van der Waals surface area contributed by atoms with Gasteiger partial charge in [0.15, 0.2) is 5.82 Å². The maximum atomic E-state index is 12.1. The van der Waals surface area contributed by atoms with Crippen LogP contribution < -0.4 is 11.1 Å². The van der Waals surface area contributed by atoms with Gasteiger partial charge in [0.25, 0.3) is 5.91 Å². The van der Waals surface area contributed by atoms with Crippen molar-refractivity contribution >= 4 is 17.4 Å². The topological polar surface area (TPSA) is 102 Å². The molecule has 0 fully saturated rings. The monoisotopic (exact) mass is 234 g/mol. The summed E-state index contributed by atoms with van der Waals surface area (Å²) >= 11 is 0. The second-order valence-corrected chi connectivity index (χ2v) is 3.82. The van der Waals surface area contributed by atoms with Gasteiger partial charge in [-0.3, -0.25) is 14.6 Å². The van der Waals surface area contributed by atoms with E-state index in [4.69, 9.17) is 5.73 Å². The van der Waals surface area contributed by atoms with Crippen LogP contribution in [0.5, 0.6) is 0 Å². The second-order valence-electron chi connectivity index (χ2n) is 3.82. The molecule has 0 saturated heterocycles. The molecule has 2 aromatic rings. The number of hydrogen-bond acceptors (Lipinski definition) is 4. The summed E-state index contributed by atoms with van der Waals surface area (Å²) < 4.78 is 1.67. The van der Waals surface area contributed by atoms with Crippen LogP contribution in [0.3, 0.4) is 0 Å². The van der Waals surface area contributed by atoms with Crippen molar-refractivity contribution in [1.29, 1.82) is 0 Å². The Labute approximate surface area is 98.0 Å². The molecule has 0 atom stereocenters. The number of amides is 1. The van der Waals surface area contributed by atoms with E-state index >= 15 is 0 Å². The van der Waals surface area contributed by atoms with Crippen LogP contribution in [0.4, 0.5) is 11.5 Å². The molecule has 0 aliphatic heterocycles. The van der Waals surface area contributed by atoms with Crippen molar-refractivity contribution in [2.24, 2.45) is 7.05 Å². The fourth-order valence-corrected chi connectivity index (χ4v) is 1.67. The minimum absolute atomic E-state index is 0.246. The minimum Gasteiger partial charge on any atom is -0.394 e. The fourth-order valence-electron chi connectivity index (χ4n) is 1.67. The number of aryl methyl sites for hydroxylation is 2. The van der Waals surface area contributed by atoms with Gasteiger partial charge in [0, 0.05) is 12.7 Å². The van der Waals surface area contributed by atoms with E-state index < -0.39 is 0 Å². The summed E-state index contributed by atoms with van der Waals surface area (Å²) in [6.07, 6.45) is 1.44. The minimum atomic E-state index is -0.246. The summed E-state index contributed by atoms with van der Waals surface area (Å²) in [6, 6.07) is 0. The van der Waals surface area contributed by atoms with E-state index in [9.17, 15) is 4.79 Å². The highest BCUT2D eigenvalue weighted by molar-refractivity contribution is 6.06. The van der Waals surface area contributed by atoms with Crippen molar-refractivity contribution in [2.75, 3.05) is 11.1 Å². The third-order valence-electron chi connectivity index (χ3n) is 2.64. The second kappa shape index (κ2) is 3.93. The predicted molar refractivity (Wildman–Crippen MR) is 63.6 cm³/mol. The van der Waals surface area contributed by atoms with Crippen LogP contribution in [0, 0.1) is 13.8 Å². The summed E-state index contributed by atoms with van der Waals surface area (Å²) in [5, 5.41) is 13.2. The van der Waals surface area contributed by atoms with E-state index in [1.54, 1.807) is 18.7 Å². The van der Waals surface area contributed by atoms with Gasteiger partial charge in [-0.2, -0.15) is 10.2 Å². The van der Waals surface area contributed by atoms with Gasteiger partial charge in [-0.15, -0.1) is 0 Å². The lowest BCUT2D eigenvalue weighted by Crippen LogP contribution is -2.15. The van der Waals surface area contributed by atoms with E-state index in [-0.39, 0.29) is 5.91 Å². The molecule has 0 aliphatic carbocycles. The molecule has 1 amide bonds. The lowest BCUT2D eigenvalue weighted by atomic mass is 10.2. The molecular weight excluding hydrogens is 220 g/mol. The first-order valence-electron chi connectivity index (χ1n) is 5.11. The van der Waals surface area contributed by atoms with Gasteiger partial charge in [-0.1, -0.05) is 0 Å². The maximum Gasteiger partial charge on any atom is 0.260 e. The molecule has 7 heteroatoms. The summed E-state index contributed by atoms with van der Waals surface area (Å²) in [7, 11) is 1.80. The van der Waals surface area contributed by atoms with Crippen LogP contribution in [0.15, 0.2) is 6.20 Å². The lowest BCUT2D eigenvalue weighted by molar-refractivity contribution is 0.102. The highest BCUT2D eigenvalue weighted by atomic mass is 16.1. The van der Waals surface area contributed by atoms with Gasteiger partial charge in [-0.25, -0.2) is 0 Å². The standard InChI is InChI=1S/C10H14N6O/c1-5-8(6(2)16(3)15-5)10(17)13-9-7(11)4-12-14-9/h4H,11H2,1-3H3,(H2,12,13,14,17). The molecule has 2 rings (SSSR count). The number of nitrogens with two attached hydrogens (primary N) is 1. The molecule has 2 heterocycles. The predicted octanol–water partition coefficient (Wildman–Crippen LogP) is 0.595. The Morgan fingerprint density at radius 3 is 2.71 bits per heavy atom. The molecule has 0 radical (unpaired) electrons.